The number of hydrogen-bond acceptors (Lipinski definition) is 5. The number of halogens is 1. The van der Waals surface area contributed by atoms with Gasteiger partial charge in [0, 0.05) is 31.0 Å². The molecule has 0 saturated heterocycles. The molecule has 0 unspecified atom stereocenters. The number of nitrogens with zero attached hydrogens (tertiary/aromatic N) is 2. The highest BCUT2D eigenvalue weighted by Crippen LogP contribution is 2.35. The van der Waals surface area contributed by atoms with Gasteiger partial charge >= 0.3 is 0 Å². The highest BCUT2D eigenvalue weighted by Gasteiger charge is 2.27. The quantitative estimate of drug-likeness (QED) is 0.608. The fraction of sp³-hybridized carbons (Fsp3) is 0.368. The molecule has 4 rings (SSSR count). The van der Waals surface area contributed by atoms with Crippen LogP contribution in [0.2, 0.25) is 0 Å². The second-order valence-electron chi connectivity index (χ2n) is 6.62. The summed E-state index contributed by atoms with van der Waals surface area (Å²) in [6.45, 7) is 3.05. The second kappa shape index (κ2) is 7.28. The zero-order valence-electron chi connectivity index (χ0n) is 15.2. The number of hydrogen-bond donors (Lipinski definition) is 2. The molecule has 0 atom stereocenters. The molecule has 142 valence electrons. The number of aryl methyl sites for hydroxylation is 1. The first-order valence-electron chi connectivity index (χ1n) is 8.90. The average Bonchev–Trinajstić information content (AvgIpc) is 3.30. The smallest absolute Gasteiger partial charge is 0.263 e. The predicted octanol–water partition coefficient (Wildman–Crippen LogP) is 3.46. The molecular formula is C19H21FN4O2S. The molecule has 1 amide bonds. The number of ether oxygens (including phenoxy) is 1. The second-order valence-corrected chi connectivity index (χ2v) is 7.60. The van der Waals surface area contributed by atoms with E-state index in [1.54, 1.807) is 19.2 Å². The van der Waals surface area contributed by atoms with E-state index in [1.165, 1.54) is 23.5 Å². The lowest BCUT2D eigenvalue weighted by atomic mass is 10.1. The summed E-state index contributed by atoms with van der Waals surface area (Å²) >= 11 is 1.37. The Bertz CT molecular complexity index is 976. The number of rotatable bonds is 7. The third-order valence-corrected chi connectivity index (χ3v) is 5.68. The van der Waals surface area contributed by atoms with E-state index in [9.17, 15) is 9.18 Å². The van der Waals surface area contributed by atoms with E-state index in [2.05, 4.69) is 10.6 Å². The van der Waals surface area contributed by atoms with Gasteiger partial charge in [0.2, 0.25) is 0 Å². The van der Waals surface area contributed by atoms with Crippen LogP contribution < -0.4 is 10.6 Å². The Labute approximate surface area is 160 Å². The van der Waals surface area contributed by atoms with Gasteiger partial charge in [-0.2, -0.15) is 0 Å². The summed E-state index contributed by atoms with van der Waals surface area (Å²) in [5.41, 5.74) is 2.39. The molecule has 1 fully saturated rings. The van der Waals surface area contributed by atoms with Crippen LogP contribution in [0, 0.1) is 12.7 Å². The molecule has 2 aromatic heterocycles. The van der Waals surface area contributed by atoms with E-state index in [0.717, 1.165) is 40.6 Å². The molecule has 27 heavy (non-hydrogen) atoms. The topological polar surface area (TPSA) is 67.7 Å². The molecule has 6 nitrogen and oxygen atoms in total. The minimum atomic E-state index is -0.288. The maximum absolute atomic E-state index is 13.3. The molecule has 3 aromatic rings. The number of fused-ring (bicyclic) bond motifs is 1. The van der Waals surface area contributed by atoms with E-state index >= 15 is 0 Å². The van der Waals surface area contributed by atoms with Crippen molar-refractivity contribution in [2.45, 2.75) is 25.8 Å². The average molecular weight is 388 g/mol. The van der Waals surface area contributed by atoms with Gasteiger partial charge in [-0.25, -0.2) is 9.37 Å². The van der Waals surface area contributed by atoms with Gasteiger partial charge in [-0.1, -0.05) is 11.3 Å². The zero-order valence-corrected chi connectivity index (χ0v) is 16.0. The molecule has 2 heterocycles. The number of aromatic nitrogens is 2. The Kier molecular flexibility index (Phi) is 4.84. The van der Waals surface area contributed by atoms with Crippen LogP contribution in [0.1, 0.15) is 28.2 Å². The van der Waals surface area contributed by atoms with Crippen LogP contribution in [0.4, 0.5) is 10.2 Å². The summed E-state index contributed by atoms with van der Waals surface area (Å²) in [6.07, 6.45) is 2.09. The van der Waals surface area contributed by atoms with Gasteiger partial charge in [0.1, 0.15) is 22.2 Å². The fourth-order valence-corrected chi connectivity index (χ4v) is 4.01. The summed E-state index contributed by atoms with van der Waals surface area (Å²) in [5.74, 6) is 0.452. The SMILES string of the molecule is COCCNc1c(-c2ccc(F)cc2)nc2sc(C(=O)NC3CC3)c(C)n12. The van der Waals surface area contributed by atoms with Gasteiger partial charge in [0.05, 0.1) is 6.61 Å². The Morgan fingerprint density at radius 1 is 1.37 bits per heavy atom. The van der Waals surface area contributed by atoms with Crippen LogP contribution in [-0.2, 0) is 4.74 Å². The maximum atomic E-state index is 13.3. The lowest BCUT2D eigenvalue weighted by Gasteiger charge is -2.09. The molecule has 0 spiro atoms. The van der Waals surface area contributed by atoms with Crippen LogP contribution in [0.3, 0.4) is 0 Å². The van der Waals surface area contributed by atoms with Crippen LogP contribution in [0.15, 0.2) is 24.3 Å². The molecule has 0 aliphatic heterocycles. The molecule has 1 aliphatic carbocycles. The number of amides is 1. The largest absolute Gasteiger partial charge is 0.383 e. The van der Waals surface area contributed by atoms with E-state index in [4.69, 9.17) is 9.72 Å². The van der Waals surface area contributed by atoms with Crippen molar-refractivity contribution in [1.82, 2.24) is 14.7 Å². The number of methoxy groups -OCH3 is 1. The number of anilines is 1. The van der Waals surface area contributed by atoms with E-state index in [1.807, 2.05) is 11.3 Å². The van der Waals surface area contributed by atoms with Crippen molar-refractivity contribution in [1.29, 1.82) is 0 Å². The Morgan fingerprint density at radius 3 is 2.78 bits per heavy atom. The van der Waals surface area contributed by atoms with Crippen molar-refractivity contribution in [3.05, 3.63) is 40.7 Å². The first-order chi connectivity index (χ1) is 13.1. The van der Waals surface area contributed by atoms with Crippen molar-refractivity contribution >= 4 is 28.0 Å². The lowest BCUT2D eigenvalue weighted by molar-refractivity contribution is 0.0954. The fourth-order valence-electron chi connectivity index (χ4n) is 2.98. The summed E-state index contributed by atoms with van der Waals surface area (Å²) in [7, 11) is 1.64. The normalized spacial score (nSPS) is 13.9. The number of carbonyl (C=O) groups excluding carboxylic acids is 1. The van der Waals surface area contributed by atoms with Gasteiger partial charge in [-0.15, -0.1) is 0 Å². The Hall–Kier alpha value is -2.45. The molecule has 0 bridgehead atoms. The predicted molar refractivity (Wildman–Crippen MR) is 104 cm³/mol. The van der Waals surface area contributed by atoms with Crippen LogP contribution >= 0.6 is 11.3 Å². The Balaban J connectivity index is 1.76. The van der Waals surface area contributed by atoms with Gasteiger partial charge in [-0.05, 0) is 44.0 Å². The molecule has 1 saturated carbocycles. The van der Waals surface area contributed by atoms with Gasteiger partial charge < -0.3 is 15.4 Å². The van der Waals surface area contributed by atoms with Crippen LogP contribution in [0.25, 0.3) is 16.2 Å². The van der Waals surface area contributed by atoms with Crippen molar-refractivity contribution in [3.8, 4) is 11.3 Å². The first-order valence-corrected chi connectivity index (χ1v) is 9.71. The van der Waals surface area contributed by atoms with E-state index < -0.39 is 0 Å². The summed E-state index contributed by atoms with van der Waals surface area (Å²) < 4.78 is 20.4. The molecule has 2 N–H and O–H groups in total. The summed E-state index contributed by atoms with van der Waals surface area (Å²) in [6, 6.07) is 6.56. The first kappa shape index (κ1) is 17.9. The number of thiazole rings is 1. The standard InChI is InChI=1S/C19H21FN4O2S/c1-11-16(18(25)22-14-7-8-14)27-19-23-15(12-3-5-13(20)6-4-12)17(24(11)19)21-9-10-26-2/h3-6,14,21H,7-10H2,1-2H3,(H,22,25). The maximum Gasteiger partial charge on any atom is 0.263 e. The number of carbonyl (C=O) groups is 1. The highest BCUT2D eigenvalue weighted by molar-refractivity contribution is 7.19. The highest BCUT2D eigenvalue weighted by atomic mass is 32.1. The van der Waals surface area contributed by atoms with E-state index in [0.29, 0.717) is 24.1 Å². The van der Waals surface area contributed by atoms with Crippen molar-refractivity contribution in [3.63, 3.8) is 0 Å². The number of benzene rings is 1. The number of imidazole rings is 1. The minimum absolute atomic E-state index is 0.0447. The minimum Gasteiger partial charge on any atom is -0.383 e. The zero-order chi connectivity index (χ0) is 19.0. The lowest BCUT2D eigenvalue weighted by Crippen LogP contribution is -2.25. The molecule has 8 heteroatoms. The third kappa shape index (κ3) is 3.54. The number of nitrogens with one attached hydrogen (secondary N) is 2. The molecule has 1 aliphatic rings. The molecule has 1 aromatic carbocycles. The van der Waals surface area contributed by atoms with Crippen molar-refractivity contribution in [2.75, 3.05) is 25.6 Å². The third-order valence-electron chi connectivity index (χ3n) is 4.54. The monoisotopic (exact) mass is 388 g/mol. The van der Waals surface area contributed by atoms with Crippen LogP contribution in [-0.4, -0.2) is 41.6 Å². The summed E-state index contributed by atoms with van der Waals surface area (Å²) in [5, 5.41) is 6.39. The van der Waals surface area contributed by atoms with Gasteiger partial charge in [-0.3, -0.25) is 9.20 Å². The van der Waals surface area contributed by atoms with Gasteiger partial charge in [0.15, 0.2) is 4.96 Å². The van der Waals surface area contributed by atoms with Crippen LogP contribution in [0.5, 0.6) is 0 Å². The van der Waals surface area contributed by atoms with Crippen molar-refractivity contribution < 1.29 is 13.9 Å². The Morgan fingerprint density at radius 2 is 2.11 bits per heavy atom. The van der Waals surface area contributed by atoms with Gasteiger partial charge in [0.25, 0.3) is 5.91 Å². The van der Waals surface area contributed by atoms with Crippen molar-refractivity contribution in [2.24, 2.45) is 0 Å². The van der Waals surface area contributed by atoms with E-state index in [-0.39, 0.29) is 11.7 Å². The molecular weight excluding hydrogens is 367 g/mol. The summed E-state index contributed by atoms with van der Waals surface area (Å²) in [4.78, 5) is 18.6. The molecule has 0 radical (unpaired) electrons.